The quantitative estimate of drug-likeness (QED) is 0.618. The summed E-state index contributed by atoms with van der Waals surface area (Å²) in [4.78, 5) is 27.7. The van der Waals surface area contributed by atoms with Crippen LogP contribution in [0.4, 0.5) is 4.79 Å². The van der Waals surface area contributed by atoms with Crippen molar-refractivity contribution in [3.63, 3.8) is 0 Å². The Morgan fingerprint density at radius 3 is 2.09 bits per heavy atom. The van der Waals surface area contributed by atoms with E-state index in [4.69, 9.17) is 9.84 Å². The molecule has 1 aliphatic carbocycles. The SMILES string of the molecule is CN(CC1CCCC(COCC(=O)O)C1)C(=O)N(C)C(c1ccccc1)c1ccccc1. The highest BCUT2D eigenvalue weighted by Gasteiger charge is 2.29. The van der Waals surface area contributed by atoms with Gasteiger partial charge in [0.2, 0.25) is 0 Å². The van der Waals surface area contributed by atoms with Crippen LogP contribution in [0.25, 0.3) is 0 Å². The first-order valence-electron chi connectivity index (χ1n) is 11.3. The summed E-state index contributed by atoms with van der Waals surface area (Å²) in [6, 6.07) is 20.1. The van der Waals surface area contributed by atoms with Crippen molar-refractivity contribution >= 4 is 12.0 Å². The third-order valence-electron chi connectivity index (χ3n) is 6.25. The van der Waals surface area contributed by atoms with E-state index in [1.807, 2.05) is 60.3 Å². The number of amides is 2. The van der Waals surface area contributed by atoms with E-state index in [9.17, 15) is 9.59 Å². The second-order valence-corrected chi connectivity index (χ2v) is 8.81. The van der Waals surface area contributed by atoms with Crippen molar-refractivity contribution in [2.24, 2.45) is 11.8 Å². The zero-order chi connectivity index (χ0) is 22.9. The maximum atomic E-state index is 13.4. The molecule has 0 bridgehead atoms. The molecule has 0 aromatic heterocycles. The van der Waals surface area contributed by atoms with Crippen LogP contribution < -0.4 is 0 Å². The number of benzene rings is 2. The van der Waals surface area contributed by atoms with Crippen molar-refractivity contribution < 1.29 is 19.4 Å². The average molecular weight is 439 g/mol. The molecule has 1 saturated carbocycles. The largest absolute Gasteiger partial charge is 0.480 e. The molecule has 6 nitrogen and oxygen atoms in total. The van der Waals surface area contributed by atoms with Crippen molar-refractivity contribution in [1.82, 2.24) is 9.80 Å². The summed E-state index contributed by atoms with van der Waals surface area (Å²) in [5.41, 5.74) is 2.16. The number of hydrogen-bond donors (Lipinski definition) is 1. The molecule has 32 heavy (non-hydrogen) atoms. The Morgan fingerprint density at radius 2 is 1.53 bits per heavy atom. The molecule has 1 fully saturated rings. The van der Waals surface area contributed by atoms with Crippen LogP contribution >= 0.6 is 0 Å². The lowest BCUT2D eigenvalue weighted by Crippen LogP contribution is -2.43. The van der Waals surface area contributed by atoms with Crippen LogP contribution in [0.1, 0.15) is 42.9 Å². The topological polar surface area (TPSA) is 70.1 Å². The monoisotopic (exact) mass is 438 g/mol. The van der Waals surface area contributed by atoms with Gasteiger partial charge in [-0.1, -0.05) is 67.1 Å². The maximum absolute atomic E-state index is 13.4. The van der Waals surface area contributed by atoms with Crippen molar-refractivity contribution in [3.05, 3.63) is 71.8 Å². The molecular formula is C26H34N2O4. The van der Waals surface area contributed by atoms with Crippen molar-refractivity contribution in [2.45, 2.75) is 31.7 Å². The van der Waals surface area contributed by atoms with E-state index in [1.54, 1.807) is 0 Å². The minimum atomic E-state index is -0.933. The number of carboxylic acids is 1. The number of carboxylic acid groups (broad SMARTS) is 1. The van der Waals surface area contributed by atoms with Gasteiger partial charge in [0.05, 0.1) is 12.6 Å². The summed E-state index contributed by atoms with van der Waals surface area (Å²) >= 11 is 0. The molecule has 0 spiro atoms. The Labute approximate surface area is 190 Å². The fourth-order valence-electron chi connectivity index (χ4n) is 4.79. The van der Waals surface area contributed by atoms with Crippen LogP contribution in [0.15, 0.2) is 60.7 Å². The molecule has 2 aromatic rings. The Bertz CT molecular complexity index is 819. The number of aliphatic carboxylic acids is 1. The summed E-state index contributed by atoms with van der Waals surface area (Å²) in [6.07, 6.45) is 4.18. The number of nitrogens with zero attached hydrogens (tertiary/aromatic N) is 2. The molecule has 2 aromatic carbocycles. The standard InChI is InChI=1S/C26H34N2O4/c1-27(17-20-10-9-11-21(16-20)18-32-19-24(29)30)26(31)28(2)25(22-12-5-3-6-13-22)23-14-7-4-8-15-23/h3-8,12-15,20-21,25H,9-11,16-19H2,1-2H3,(H,29,30). The number of ether oxygens (including phenoxy) is 1. The van der Waals surface area contributed by atoms with Crippen LogP contribution in [0.5, 0.6) is 0 Å². The number of urea groups is 1. The lowest BCUT2D eigenvalue weighted by atomic mass is 9.81. The van der Waals surface area contributed by atoms with Crippen LogP contribution in [-0.2, 0) is 9.53 Å². The summed E-state index contributed by atoms with van der Waals surface area (Å²) in [5.74, 6) is -0.177. The van der Waals surface area contributed by atoms with E-state index >= 15 is 0 Å². The van der Waals surface area contributed by atoms with Gasteiger partial charge in [0.25, 0.3) is 0 Å². The van der Waals surface area contributed by atoms with Crippen molar-refractivity contribution in [2.75, 3.05) is 33.9 Å². The van der Waals surface area contributed by atoms with E-state index in [-0.39, 0.29) is 18.7 Å². The Morgan fingerprint density at radius 1 is 0.969 bits per heavy atom. The highest BCUT2D eigenvalue weighted by atomic mass is 16.5. The molecule has 3 rings (SSSR count). The van der Waals surface area contributed by atoms with Gasteiger partial charge in [0.1, 0.15) is 6.61 Å². The van der Waals surface area contributed by atoms with E-state index < -0.39 is 5.97 Å². The van der Waals surface area contributed by atoms with Crippen molar-refractivity contribution in [1.29, 1.82) is 0 Å². The van der Waals surface area contributed by atoms with Gasteiger partial charge >= 0.3 is 12.0 Å². The average Bonchev–Trinajstić information content (AvgIpc) is 2.80. The third-order valence-corrected chi connectivity index (χ3v) is 6.25. The van der Waals surface area contributed by atoms with Crippen molar-refractivity contribution in [3.8, 4) is 0 Å². The highest BCUT2D eigenvalue weighted by Crippen LogP contribution is 2.31. The first-order valence-corrected chi connectivity index (χ1v) is 11.3. The molecule has 0 radical (unpaired) electrons. The Kier molecular flexibility index (Phi) is 8.68. The first-order chi connectivity index (χ1) is 15.5. The number of rotatable bonds is 9. The fourth-order valence-corrected chi connectivity index (χ4v) is 4.79. The van der Waals surface area contributed by atoms with E-state index in [0.717, 1.165) is 36.8 Å². The van der Waals surface area contributed by atoms with Crippen LogP contribution in [0.3, 0.4) is 0 Å². The van der Waals surface area contributed by atoms with Crippen LogP contribution in [0.2, 0.25) is 0 Å². The third kappa shape index (κ3) is 6.57. The number of carbonyl (C=O) groups is 2. The van der Waals surface area contributed by atoms with Gasteiger partial charge in [-0.25, -0.2) is 9.59 Å². The van der Waals surface area contributed by atoms with Crippen LogP contribution in [0, 0.1) is 11.8 Å². The van der Waals surface area contributed by atoms with Crippen LogP contribution in [-0.4, -0.2) is 60.8 Å². The first kappa shape index (κ1) is 23.8. The summed E-state index contributed by atoms with van der Waals surface area (Å²) < 4.78 is 5.31. The van der Waals surface area contributed by atoms with E-state index in [0.29, 0.717) is 25.0 Å². The number of hydrogen-bond acceptors (Lipinski definition) is 3. The molecule has 2 unspecified atom stereocenters. The second-order valence-electron chi connectivity index (χ2n) is 8.81. The predicted octanol–water partition coefficient (Wildman–Crippen LogP) is 4.67. The normalized spacial score (nSPS) is 18.3. The van der Waals surface area contributed by atoms with Gasteiger partial charge < -0.3 is 19.6 Å². The molecule has 2 atom stereocenters. The minimum Gasteiger partial charge on any atom is -0.480 e. The molecule has 1 aliphatic rings. The van der Waals surface area contributed by atoms with Gasteiger partial charge in [0, 0.05) is 20.6 Å². The minimum absolute atomic E-state index is 0.00745. The van der Waals surface area contributed by atoms with E-state index in [1.165, 1.54) is 0 Å². The van der Waals surface area contributed by atoms with Gasteiger partial charge in [-0.15, -0.1) is 0 Å². The fraction of sp³-hybridized carbons (Fsp3) is 0.462. The highest BCUT2D eigenvalue weighted by molar-refractivity contribution is 5.75. The Hall–Kier alpha value is -2.86. The summed E-state index contributed by atoms with van der Waals surface area (Å²) in [7, 11) is 3.74. The molecule has 0 aliphatic heterocycles. The zero-order valence-corrected chi connectivity index (χ0v) is 19.0. The molecule has 6 heteroatoms. The molecule has 0 saturated heterocycles. The smallest absolute Gasteiger partial charge is 0.329 e. The molecular weight excluding hydrogens is 404 g/mol. The van der Waals surface area contributed by atoms with Gasteiger partial charge in [-0.05, 0) is 42.2 Å². The molecule has 1 N–H and O–H groups in total. The summed E-state index contributed by atoms with van der Waals surface area (Å²) in [5, 5.41) is 8.76. The molecule has 172 valence electrons. The maximum Gasteiger partial charge on any atom is 0.329 e. The molecule has 2 amide bonds. The lowest BCUT2D eigenvalue weighted by Gasteiger charge is -2.36. The number of carbonyl (C=O) groups excluding carboxylic acids is 1. The van der Waals surface area contributed by atoms with Gasteiger partial charge in [-0.2, -0.15) is 0 Å². The summed E-state index contributed by atoms with van der Waals surface area (Å²) in [6.45, 7) is 0.921. The Balaban J connectivity index is 1.64. The zero-order valence-electron chi connectivity index (χ0n) is 19.0. The van der Waals surface area contributed by atoms with Gasteiger partial charge in [-0.3, -0.25) is 0 Å². The van der Waals surface area contributed by atoms with Gasteiger partial charge in [0.15, 0.2) is 0 Å². The predicted molar refractivity (Wildman–Crippen MR) is 124 cm³/mol. The second kappa shape index (κ2) is 11.7. The molecule has 0 heterocycles. The lowest BCUT2D eigenvalue weighted by molar-refractivity contribution is -0.142. The van der Waals surface area contributed by atoms with E-state index in [2.05, 4.69) is 24.3 Å².